The minimum atomic E-state index is -0.888. The van der Waals surface area contributed by atoms with Crippen molar-refractivity contribution in [2.45, 2.75) is 6.42 Å². The van der Waals surface area contributed by atoms with E-state index in [2.05, 4.69) is 15.6 Å². The van der Waals surface area contributed by atoms with Gasteiger partial charge in [0.15, 0.2) is 0 Å². The standard InChI is InChI=1S/C14H13N3O3/c18-13(19)9-10-1-3-11(4-2-10)16-14(20)17-12-5-7-15-8-6-12/h1-8H,9H2,(H,18,19)(H2,15,16,17,20). The first-order chi connectivity index (χ1) is 9.63. The van der Waals surface area contributed by atoms with Crippen LogP contribution in [0.25, 0.3) is 0 Å². The maximum atomic E-state index is 11.7. The lowest BCUT2D eigenvalue weighted by molar-refractivity contribution is -0.136. The highest BCUT2D eigenvalue weighted by Gasteiger charge is 2.04. The van der Waals surface area contributed by atoms with Crippen molar-refractivity contribution in [3.05, 3.63) is 54.4 Å². The first-order valence-electron chi connectivity index (χ1n) is 5.92. The molecule has 0 radical (unpaired) electrons. The van der Waals surface area contributed by atoms with Gasteiger partial charge >= 0.3 is 12.0 Å². The molecule has 0 unspecified atom stereocenters. The van der Waals surface area contributed by atoms with Crippen LogP contribution in [0.2, 0.25) is 0 Å². The Balaban J connectivity index is 1.93. The monoisotopic (exact) mass is 271 g/mol. The Hall–Kier alpha value is -2.89. The molecule has 0 spiro atoms. The zero-order valence-electron chi connectivity index (χ0n) is 10.5. The van der Waals surface area contributed by atoms with Crippen LogP contribution in [0, 0.1) is 0 Å². The summed E-state index contributed by atoms with van der Waals surface area (Å²) >= 11 is 0. The number of benzene rings is 1. The number of carbonyl (C=O) groups excluding carboxylic acids is 1. The number of carboxylic acids is 1. The zero-order chi connectivity index (χ0) is 14.4. The maximum absolute atomic E-state index is 11.7. The Labute approximate surface area is 115 Å². The largest absolute Gasteiger partial charge is 0.481 e. The van der Waals surface area contributed by atoms with Crippen LogP contribution < -0.4 is 10.6 Å². The molecule has 6 heteroatoms. The van der Waals surface area contributed by atoms with E-state index in [0.29, 0.717) is 16.9 Å². The summed E-state index contributed by atoms with van der Waals surface area (Å²) in [6.45, 7) is 0. The molecular formula is C14H13N3O3. The minimum Gasteiger partial charge on any atom is -0.481 e. The number of hydrogen-bond donors (Lipinski definition) is 3. The summed E-state index contributed by atoms with van der Waals surface area (Å²) in [6, 6.07) is 9.62. The number of nitrogens with one attached hydrogen (secondary N) is 2. The molecular weight excluding hydrogens is 258 g/mol. The number of pyridine rings is 1. The number of aromatic nitrogens is 1. The smallest absolute Gasteiger partial charge is 0.323 e. The van der Waals surface area contributed by atoms with E-state index in [-0.39, 0.29) is 12.5 Å². The maximum Gasteiger partial charge on any atom is 0.323 e. The average Bonchev–Trinajstić information content (AvgIpc) is 2.41. The quantitative estimate of drug-likeness (QED) is 0.796. The van der Waals surface area contributed by atoms with Crippen molar-refractivity contribution >= 4 is 23.4 Å². The second-order valence-electron chi connectivity index (χ2n) is 4.08. The fourth-order valence-corrected chi connectivity index (χ4v) is 1.61. The molecule has 6 nitrogen and oxygen atoms in total. The molecule has 0 fully saturated rings. The molecule has 1 heterocycles. The lowest BCUT2D eigenvalue weighted by Crippen LogP contribution is -2.19. The molecule has 0 atom stereocenters. The number of carboxylic acid groups (broad SMARTS) is 1. The summed E-state index contributed by atoms with van der Waals surface area (Å²) in [7, 11) is 0. The molecule has 1 aromatic carbocycles. The molecule has 3 N–H and O–H groups in total. The highest BCUT2D eigenvalue weighted by Crippen LogP contribution is 2.11. The van der Waals surface area contributed by atoms with Gasteiger partial charge in [-0.2, -0.15) is 0 Å². The second-order valence-corrected chi connectivity index (χ2v) is 4.08. The van der Waals surface area contributed by atoms with Gasteiger partial charge in [0.25, 0.3) is 0 Å². The van der Waals surface area contributed by atoms with Crippen LogP contribution in [0.3, 0.4) is 0 Å². The van der Waals surface area contributed by atoms with Crippen LogP contribution >= 0.6 is 0 Å². The molecule has 2 amide bonds. The summed E-state index contributed by atoms with van der Waals surface area (Å²) in [5, 5.41) is 14.0. The number of nitrogens with zero attached hydrogens (tertiary/aromatic N) is 1. The van der Waals surface area contributed by atoms with E-state index in [4.69, 9.17) is 5.11 Å². The number of anilines is 2. The summed E-state index contributed by atoms with van der Waals surface area (Å²) in [4.78, 5) is 26.1. The summed E-state index contributed by atoms with van der Waals surface area (Å²) in [5.41, 5.74) is 1.91. The van der Waals surface area contributed by atoms with Gasteiger partial charge in [-0.05, 0) is 29.8 Å². The molecule has 0 aliphatic rings. The van der Waals surface area contributed by atoms with E-state index < -0.39 is 5.97 Å². The molecule has 2 rings (SSSR count). The number of amides is 2. The van der Waals surface area contributed by atoms with Gasteiger partial charge in [0, 0.05) is 23.8 Å². The van der Waals surface area contributed by atoms with Gasteiger partial charge in [-0.1, -0.05) is 12.1 Å². The SMILES string of the molecule is O=C(O)Cc1ccc(NC(=O)Nc2ccncc2)cc1. The van der Waals surface area contributed by atoms with Gasteiger partial charge < -0.3 is 15.7 Å². The van der Waals surface area contributed by atoms with Crippen molar-refractivity contribution < 1.29 is 14.7 Å². The second kappa shape index (κ2) is 6.33. The van der Waals surface area contributed by atoms with Gasteiger partial charge in [0.2, 0.25) is 0 Å². The van der Waals surface area contributed by atoms with E-state index in [1.165, 1.54) is 0 Å². The number of hydrogen-bond acceptors (Lipinski definition) is 3. The van der Waals surface area contributed by atoms with Crippen molar-refractivity contribution in [3.8, 4) is 0 Å². The first-order valence-corrected chi connectivity index (χ1v) is 5.92. The number of urea groups is 1. The number of rotatable bonds is 4. The number of aliphatic carboxylic acids is 1. The molecule has 20 heavy (non-hydrogen) atoms. The number of carbonyl (C=O) groups is 2. The van der Waals surface area contributed by atoms with Crippen LogP contribution in [-0.4, -0.2) is 22.1 Å². The van der Waals surface area contributed by atoms with E-state index in [1.54, 1.807) is 48.8 Å². The predicted octanol–water partition coefficient (Wildman–Crippen LogP) is 2.35. The van der Waals surface area contributed by atoms with Crippen molar-refractivity contribution in [1.82, 2.24) is 4.98 Å². The normalized spacial score (nSPS) is 9.80. The molecule has 0 saturated carbocycles. The van der Waals surface area contributed by atoms with Crippen LogP contribution in [-0.2, 0) is 11.2 Å². The fraction of sp³-hybridized carbons (Fsp3) is 0.0714. The Morgan fingerprint density at radius 1 is 0.950 bits per heavy atom. The topological polar surface area (TPSA) is 91.3 Å². The molecule has 0 aliphatic carbocycles. The summed E-state index contributed by atoms with van der Waals surface area (Å²) < 4.78 is 0. The van der Waals surface area contributed by atoms with Crippen LogP contribution in [0.15, 0.2) is 48.8 Å². The zero-order valence-corrected chi connectivity index (χ0v) is 10.5. The fourth-order valence-electron chi connectivity index (χ4n) is 1.61. The van der Waals surface area contributed by atoms with E-state index >= 15 is 0 Å². The van der Waals surface area contributed by atoms with Crippen LogP contribution in [0.4, 0.5) is 16.2 Å². The van der Waals surface area contributed by atoms with E-state index in [1.807, 2.05) is 0 Å². The van der Waals surface area contributed by atoms with E-state index in [9.17, 15) is 9.59 Å². The van der Waals surface area contributed by atoms with Crippen molar-refractivity contribution in [2.75, 3.05) is 10.6 Å². The van der Waals surface area contributed by atoms with Crippen molar-refractivity contribution in [3.63, 3.8) is 0 Å². The predicted molar refractivity (Wildman–Crippen MR) is 74.7 cm³/mol. The lowest BCUT2D eigenvalue weighted by atomic mass is 10.1. The van der Waals surface area contributed by atoms with Crippen molar-refractivity contribution in [1.29, 1.82) is 0 Å². The van der Waals surface area contributed by atoms with Gasteiger partial charge in [-0.25, -0.2) is 4.79 Å². The third kappa shape index (κ3) is 4.09. The van der Waals surface area contributed by atoms with Gasteiger partial charge in [-0.3, -0.25) is 9.78 Å². The van der Waals surface area contributed by atoms with Crippen LogP contribution in [0.1, 0.15) is 5.56 Å². The van der Waals surface area contributed by atoms with Gasteiger partial charge in [0.1, 0.15) is 0 Å². The first kappa shape index (κ1) is 13.5. The molecule has 0 saturated heterocycles. The summed E-state index contributed by atoms with van der Waals surface area (Å²) in [5.74, 6) is -0.888. The molecule has 102 valence electrons. The van der Waals surface area contributed by atoms with Gasteiger partial charge in [-0.15, -0.1) is 0 Å². The van der Waals surface area contributed by atoms with Crippen LogP contribution in [0.5, 0.6) is 0 Å². The Morgan fingerprint density at radius 3 is 2.05 bits per heavy atom. The van der Waals surface area contributed by atoms with Gasteiger partial charge in [0.05, 0.1) is 6.42 Å². The molecule has 1 aromatic heterocycles. The highest BCUT2D eigenvalue weighted by atomic mass is 16.4. The lowest BCUT2D eigenvalue weighted by Gasteiger charge is -2.07. The molecule has 0 aliphatic heterocycles. The highest BCUT2D eigenvalue weighted by molar-refractivity contribution is 5.99. The Kier molecular flexibility index (Phi) is 4.28. The van der Waals surface area contributed by atoms with Crippen molar-refractivity contribution in [2.24, 2.45) is 0 Å². The summed E-state index contributed by atoms with van der Waals surface area (Å²) in [6.07, 6.45) is 3.12. The molecule has 2 aromatic rings. The Morgan fingerprint density at radius 2 is 1.50 bits per heavy atom. The Bertz CT molecular complexity index is 597. The average molecular weight is 271 g/mol. The third-order valence-electron chi connectivity index (χ3n) is 2.51. The molecule has 0 bridgehead atoms. The van der Waals surface area contributed by atoms with E-state index in [0.717, 1.165) is 0 Å². The minimum absolute atomic E-state index is 0.0382. The third-order valence-corrected chi connectivity index (χ3v) is 2.51.